The molecule has 0 bridgehead atoms. The lowest BCUT2D eigenvalue weighted by Crippen LogP contribution is -2.40. The van der Waals surface area contributed by atoms with Crippen molar-refractivity contribution >= 4 is 52.3 Å². The Hall–Kier alpha value is -4.83. The molecule has 0 radical (unpaired) electrons. The predicted molar refractivity (Wildman–Crippen MR) is 181 cm³/mol. The number of thiazole rings is 1. The van der Waals surface area contributed by atoms with Gasteiger partial charge < -0.3 is 18.9 Å². The summed E-state index contributed by atoms with van der Waals surface area (Å²) in [5.41, 5.74) is 3.17. The van der Waals surface area contributed by atoms with Crippen molar-refractivity contribution in [1.82, 2.24) is 4.57 Å². The van der Waals surface area contributed by atoms with Crippen LogP contribution in [0.25, 0.3) is 11.8 Å². The summed E-state index contributed by atoms with van der Waals surface area (Å²) in [5, 5.41) is 1.09. The first-order valence-electron chi connectivity index (χ1n) is 14.7. The van der Waals surface area contributed by atoms with Crippen molar-refractivity contribution in [3.05, 3.63) is 149 Å². The van der Waals surface area contributed by atoms with Crippen molar-refractivity contribution < 1.29 is 23.7 Å². The Labute approximate surface area is 283 Å². The third-order valence-corrected chi connectivity index (χ3v) is 9.08. The Morgan fingerprint density at radius 1 is 0.979 bits per heavy atom. The Bertz CT molecular complexity index is 2230. The van der Waals surface area contributed by atoms with Gasteiger partial charge >= 0.3 is 5.97 Å². The van der Waals surface area contributed by atoms with Crippen LogP contribution in [0.4, 0.5) is 0 Å². The van der Waals surface area contributed by atoms with Crippen LogP contribution in [-0.4, -0.2) is 23.9 Å². The zero-order valence-electron chi connectivity index (χ0n) is 24.9. The van der Waals surface area contributed by atoms with Crippen LogP contribution >= 0.6 is 34.5 Å². The Morgan fingerprint density at radius 2 is 1.79 bits per heavy atom. The highest BCUT2D eigenvalue weighted by Crippen LogP contribution is 2.40. The molecule has 0 spiro atoms. The van der Waals surface area contributed by atoms with E-state index < -0.39 is 12.0 Å². The van der Waals surface area contributed by atoms with E-state index in [9.17, 15) is 9.59 Å². The van der Waals surface area contributed by atoms with E-state index in [2.05, 4.69) is 0 Å². The van der Waals surface area contributed by atoms with Gasteiger partial charge in [-0.25, -0.2) is 9.79 Å². The molecule has 0 saturated carbocycles. The lowest BCUT2D eigenvalue weighted by Gasteiger charge is -2.26. The molecule has 236 valence electrons. The number of aromatic nitrogens is 1. The molecule has 2 aliphatic rings. The Morgan fingerprint density at radius 3 is 2.60 bits per heavy atom. The van der Waals surface area contributed by atoms with Crippen LogP contribution in [0.5, 0.6) is 17.2 Å². The fraction of sp³-hybridized carbons (Fsp3) is 0.139. The van der Waals surface area contributed by atoms with E-state index in [-0.39, 0.29) is 31.1 Å². The minimum absolute atomic E-state index is 0.0821. The fourth-order valence-electron chi connectivity index (χ4n) is 5.53. The summed E-state index contributed by atoms with van der Waals surface area (Å²) in [6, 6.07) is 26.5. The zero-order valence-corrected chi connectivity index (χ0v) is 27.3. The van der Waals surface area contributed by atoms with E-state index in [0.29, 0.717) is 59.0 Å². The number of esters is 1. The maximum atomic E-state index is 14.4. The van der Waals surface area contributed by atoms with E-state index >= 15 is 0 Å². The number of hydrogen-bond donors (Lipinski definition) is 0. The Kier molecular flexibility index (Phi) is 8.60. The number of rotatable bonds is 8. The second-order valence-electron chi connectivity index (χ2n) is 10.6. The number of carbonyl (C=O) groups excluding carboxylic acids is 1. The third kappa shape index (κ3) is 6.17. The van der Waals surface area contributed by atoms with Crippen molar-refractivity contribution in [2.75, 3.05) is 13.4 Å². The molecule has 1 aromatic heterocycles. The molecule has 0 N–H and O–H groups in total. The van der Waals surface area contributed by atoms with Crippen molar-refractivity contribution in [3.63, 3.8) is 0 Å². The van der Waals surface area contributed by atoms with Crippen LogP contribution < -0.4 is 29.1 Å². The van der Waals surface area contributed by atoms with Gasteiger partial charge in [0.05, 0.1) is 28.5 Å². The molecule has 0 unspecified atom stereocenters. The van der Waals surface area contributed by atoms with Crippen LogP contribution in [0.2, 0.25) is 10.0 Å². The molecule has 0 amide bonds. The van der Waals surface area contributed by atoms with Crippen molar-refractivity contribution in [3.8, 4) is 17.2 Å². The molecule has 5 aromatic rings. The minimum atomic E-state index is -0.866. The number of nitrogens with zero attached hydrogens (tertiary/aromatic N) is 2. The summed E-state index contributed by atoms with van der Waals surface area (Å²) in [6.07, 6.45) is 1.73. The van der Waals surface area contributed by atoms with E-state index in [0.717, 1.165) is 5.56 Å². The standard InChI is InChI=1S/C36H26Cl2N2O6S/c1-2-43-35(42)31-32(22-8-4-3-5-9-22)39-36-40(33(31)23-11-13-28-29(17-23)46-20-45-28)34(41)30(47-36)18-24-16-26(38)12-14-27(24)44-19-21-7-6-10-25(37)15-21/h3-18,33H,2,19-20H2,1H3/b30-18-/t33-/m0/s1. The summed E-state index contributed by atoms with van der Waals surface area (Å²) < 4.78 is 24.8. The van der Waals surface area contributed by atoms with Gasteiger partial charge in [0.1, 0.15) is 12.4 Å². The van der Waals surface area contributed by atoms with Crippen molar-refractivity contribution in [2.45, 2.75) is 19.6 Å². The van der Waals surface area contributed by atoms with E-state index in [1.165, 1.54) is 15.9 Å². The molecule has 1 atom stereocenters. The van der Waals surface area contributed by atoms with E-state index in [4.69, 9.17) is 47.1 Å². The summed E-state index contributed by atoms with van der Waals surface area (Å²) in [4.78, 5) is 33.5. The summed E-state index contributed by atoms with van der Waals surface area (Å²) in [5.74, 6) is 1.06. The average Bonchev–Trinajstić information content (AvgIpc) is 3.67. The smallest absolute Gasteiger partial charge is 0.338 e. The Balaban J connectivity index is 1.41. The molecule has 0 saturated heterocycles. The summed E-state index contributed by atoms with van der Waals surface area (Å²) in [7, 11) is 0. The number of ether oxygens (including phenoxy) is 4. The summed E-state index contributed by atoms with van der Waals surface area (Å²) in [6.45, 7) is 2.23. The summed E-state index contributed by atoms with van der Waals surface area (Å²) >= 11 is 13.8. The van der Waals surface area contributed by atoms with Crippen molar-refractivity contribution in [2.24, 2.45) is 4.99 Å². The highest BCUT2D eigenvalue weighted by Gasteiger charge is 2.36. The topological polar surface area (TPSA) is 88.4 Å². The first-order valence-corrected chi connectivity index (χ1v) is 16.3. The molecular formula is C36H26Cl2N2O6S. The molecule has 8 nitrogen and oxygen atoms in total. The lowest BCUT2D eigenvalue weighted by atomic mass is 9.93. The monoisotopic (exact) mass is 684 g/mol. The van der Waals surface area contributed by atoms with Crippen LogP contribution in [0.3, 0.4) is 0 Å². The fourth-order valence-corrected chi connectivity index (χ4v) is 6.92. The molecule has 4 aromatic carbocycles. The lowest BCUT2D eigenvalue weighted by molar-refractivity contribution is -0.138. The van der Waals surface area contributed by atoms with Crippen LogP contribution in [-0.2, 0) is 16.1 Å². The molecule has 47 heavy (non-hydrogen) atoms. The predicted octanol–water partition coefficient (Wildman–Crippen LogP) is 6.55. The molecule has 7 rings (SSSR count). The van der Waals surface area contributed by atoms with Crippen LogP contribution in [0.15, 0.2) is 106 Å². The van der Waals surface area contributed by atoms with Crippen molar-refractivity contribution in [1.29, 1.82) is 0 Å². The van der Waals surface area contributed by atoms with Gasteiger partial charge in [0.25, 0.3) is 5.56 Å². The number of hydrogen-bond acceptors (Lipinski definition) is 8. The van der Waals surface area contributed by atoms with Gasteiger partial charge in [0.2, 0.25) is 6.79 Å². The maximum Gasteiger partial charge on any atom is 0.338 e. The van der Waals surface area contributed by atoms with Crippen LogP contribution in [0, 0.1) is 0 Å². The quantitative estimate of drug-likeness (QED) is 0.172. The van der Waals surface area contributed by atoms with Gasteiger partial charge in [-0.15, -0.1) is 0 Å². The first kappa shape index (κ1) is 30.8. The van der Waals surface area contributed by atoms with Gasteiger partial charge in [-0.05, 0) is 66.6 Å². The van der Waals surface area contributed by atoms with Gasteiger partial charge in [-0.2, -0.15) is 0 Å². The molecule has 11 heteroatoms. The number of benzene rings is 4. The SMILES string of the molecule is CCOC(=O)C1=C(c2ccccc2)N=c2s/c(=C\c3cc(Cl)ccc3OCc3cccc(Cl)c3)c(=O)n2[C@H]1c1ccc2c(c1)OCO2. The van der Waals surface area contributed by atoms with E-state index in [1.807, 2.05) is 54.6 Å². The highest BCUT2D eigenvalue weighted by atomic mass is 35.5. The largest absolute Gasteiger partial charge is 0.488 e. The van der Waals surface area contributed by atoms with Gasteiger partial charge in [0.15, 0.2) is 16.3 Å². The van der Waals surface area contributed by atoms with Crippen LogP contribution in [0.1, 0.15) is 35.2 Å². The van der Waals surface area contributed by atoms with E-state index in [1.54, 1.807) is 49.4 Å². The number of fused-ring (bicyclic) bond motifs is 2. The maximum absolute atomic E-state index is 14.4. The molecule has 0 aliphatic carbocycles. The van der Waals surface area contributed by atoms with Gasteiger partial charge in [0, 0.05) is 21.2 Å². The molecule has 3 heterocycles. The first-order chi connectivity index (χ1) is 22.9. The molecular weight excluding hydrogens is 659 g/mol. The minimum Gasteiger partial charge on any atom is -0.488 e. The molecule has 2 aliphatic heterocycles. The highest BCUT2D eigenvalue weighted by molar-refractivity contribution is 7.07. The molecule has 0 fully saturated rings. The van der Waals surface area contributed by atoms with Gasteiger partial charge in [-0.3, -0.25) is 9.36 Å². The van der Waals surface area contributed by atoms with Gasteiger partial charge in [-0.1, -0.05) is 83.1 Å². The number of halogens is 2. The second-order valence-corrected chi connectivity index (χ2v) is 12.5. The average molecular weight is 686 g/mol. The zero-order chi connectivity index (χ0) is 32.5. The third-order valence-electron chi connectivity index (χ3n) is 7.63. The normalized spacial score (nSPS) is 15.3. The number of carbonyl (C=O) groups is 1. The second kappa shape index (κ2) is 13.1.